The van der Waals surface area contributed by atoms with Crippen LogP contribution in [0.3, 0.4) is 0 Å². The predicted molar refractivity (Wildman–Crippen MR) is 137 cm³/mol. The highest BCUT2D eigenvalue weighted by atomic mass is 16.5. The molecule has 0 unspecified atom stereocenters. The lowest BCUT2D eigenvalue weighted by Gasteiger charge is -2.22. The highest BCUT2D eigenvalue weighted by Gasteiger charge is 2.17. The van der Waals surface area contributed by atoms with Gasteiger partial charge in [-0.1, -0.05) is 102 Å². The van der Waals surface area contributed by atoms with Crippen LogP contribution in [0.1, 0.15) is 84.6 Å². The molecule has 0 aliphatic heterocycles. The normalized spacial score (nSPS) is 13.7. The summed E-state index contributed by atoms with van der Waals surface area (Å²) in [5, 5.41) is 0. The zero-order valence-corrected chi connectivity index (χ0v) is 21.0. The van der Waals surface area contributed by atoms with Crippen LogP contribution in [0.4, 0.5) is 0 Å². The fourth-order valence-electron chi connectivity index (χ4n) is 3.15. The first-order valence-electron chi connectivity index (χ1n) is 11.3. The number of hydrogen-bond acceptors (Lipinski definition) is 1. The van der Waals surface area contributed by atoms with E-state index in [0.717, 1.165) is 5.75 Å². The van der Waals surface area contributed by atoms with Gasteiger partial charge in [-0.15, -0.1) is 0 Å². The molecule has 2 aromatic rings. The molecule has 0 aliphatic carbocycles. The second kappa shape index (κ2) is 10.2. The second-order valence-electron chi connectivity index (χ2n) is 10.5. The minimum absolute atomic E-state index is 0.0557. The molecule has 31 heavy (non-hydrogen) atoms. The van der Waals surface area contributed by atoms with Crippen molar-refractivity contribution in [1.29, 1.82) is 0 Å². The average molecular weight is 417 g/mol. The van der Waals surface area contributed by atoms with Gasteiger partial charge in [0.25, 0.3) is 0 Å². The summed E-state index contributed by atoms with van der Waals surface area (Å²) in [4.78, 5) is 0. The summed E-state index contributed by atoms with van der Waals surface area (Å²) in [5.41, 5.74) is 7.72. The largest absolute Gasteiger partial charge is 0.489 e. The topological polar surface area (TPSA) is 9.23 Å². The van der Waals surface area contributed by atoms with E-state index in [1.165, 1.54) is 33.4 Å². The summed E-state index contributed by atoms with van der Waals surface area (Å²) in [5.74, 6) is 0.920. The van der Waals surface area contributed by atoms with Crippen molar-refractivity contribution >= 4 is 5.57 Å². The van der Waals surface area contributed by atoms with Crippen LogP contribution in [-0.4, -0.2) is 0 Å². The number of ether oxygens (including phenoxy) is 1. The van der Waals surface area contributed by atoms with Gasteiger partial charge in [0.2, 0.25) is 0 Å². The van der Waals surface area contributed by atoms with Crippen LogP contribution in [0.2, 0.25) is 0 Å². The third-order valence-corrected chi connectivity index (χ3v) is 5.61. The van der Waals surface area contributed by atoms with E-state index in [0.29, 0.717) is 6.61 Å². The Labute approximate surface area is 190 Å². The van der Waals surface area contributed by atoms with Crippen molar-refractivity contribution in [3.63, 3.8) is 0 Å². The SMILES string of the molecule is C/C=C(C)/C=C/C=C(\C)c1cc(OCc2ccc(C(C)(C)C)cc2)cc(C(C)(C)C)c1. The first-order chi connectivity index (χ1) is 14.4. The second-order valence-corrected chi connectivity index (χ2v) is 10.5. The molecular formula is C30H40O. The van der Waals surface area contributed by atoms with Crippen molar-refractivity contribution in [1.82, 2.24) is 0 Å². The highest BCUT2D eigenvalue weighted by molar-refractivity contribution is 5.67. The van der Waals surface area contributed by atoms with Crippen molar-refractivity contribution in [3.05, 3.63) is 94.6 Å². The maximum atomic E-state index is 6.25. The summed E-state index contributed by atoms with van der Waals surface area (Å²) in [7, 11) is 0. The van der Waals surface area contributed by atoms with Crippen molar-refractivity contribution in [2.75, 3.05) is 0 Å². The highest BCUT2D eigenvalue weighted by Crippen LogP contribution is 2.31. The third-order valence-electron chi connectivity index (χ3n) is 5.61. The molecule has 0 atom stereocenters. The van der Waals surface area contributed by atoms with Gasteiger partial charge in [-0.25, -0.2) is 0 Å². The Morgan fingerprint density at radius 2 is 1.45 bits per heavy atom. The smallest absolute Gasteiger partial charge is 0.120 e. The van der Waals surface area contributed by atoms with E-state index in [1.54, 1.807) is 0 Å². The van der Waals surface area contributed by atoms with E-state index in [4.69, 9.17) is 4.74 Å². The molecule has 2 aromatic carbocycles. The standard InChI is InChI=1S/C30H40O/c1-10-22(2)12-11-13-23(3)25-18-27(30(7,8)9)20-28(19-25)31-21-24-14-16-26(17-15-24)29(4,5)6/h10-20H,21H2,1-9H3/b12-11+,22-10+,23-13+. The number of rotatable bonds is 6. The molecular weight excluding hydrogens is 376 g/mol. The van der Waals surface area contributed by atoms with E-state index in [-0.39, 0.29) is 10.8 Å². The molecule has 0 spiro atoms. The molecule has 0 saturated heterocycles. The van der Waals surface area contributed by atoms with Gasteiger partial charge in [-0.2, -0.15) is 0 Å². The van der Waals surface area contributed by atoms with Crippen LogP contribution in [0, 0.1) is 0 Å². The summed E-state index contributed by atoms with van der Waals surface area (Å²) in [6.45, 7) is 20.4. The van der Waals surface area contributed by atoms with Gasteiger partial charge in [0.05, 0.1) is 0 Å². The Morgan fingerprint density at radius 1 is 0.839 bits per heavy atom. The molecule has 1 nitrogen and oxygen atoms in total. The van der Waals surface area contributed by atoms with E-state index in [9.17, 15) is 0 Å². The van der Waals surface area contributed by atoms with E-state index in [2.05, 4.69) is 129 Å². The fraction of sp³-hybridized carbons (Fsp3) is 0.400. The van der Waals surface area contributed by atoms with Crippen LogP contribution in [0.5, 0.6) is 5.75 Å². The number of benzene rings is 2. The summed E-state index contributed by atoms with van der Waals surface area (Å²) < 4.78 is 6.25. The van der Waals surface area contributed by atoms with E-state index in [1.807, 2.05) is 0 Å². The zero-order valence-electron chi connectivity index (χ0n) is 21.0. The first-order valence-corrected chi connectivity index (χ1v) is 11.3. The third kappa shape index (κ3) is 7.58. The Hall–Kier alpha value is -2.54. The molecule has 0 aromatic heterocycles. The van der Waals surface area contributed by atoms with Crippen LogP contribution in [-0.2, 0) is 17.4 Å². The van der Waals surface area contributed by atoms with E-state index >= 15 is 0 Å². The van der Waals surface area contributed by atoms with Crippen molar-refractivity contribution in [3.8, 4) is 5.75 Å². The molecule has 0 bridgehead atoms. The fourth-order valence-corrected chi connectivity index (χ4v) is 3.15. The summed E-state index contributed by atoms with van der Waals surface area (Å²) in [6.07, 6.45) is 8.53. The lowest BCUT2D eigenvalue weighted by Crippen LogP contribution is -2.12. The Kier molecular flexibility index (Phi) is 8.12. The Balaban J connectivity index is 2.27. The molecule has 0 N–H and O–H groups in total. The van der Waals surface area contributed by atoms with Gasteiger partial charge in [-0.05, 0) is 71.6 Å². The minimum atomic E-state index is 0.0557. The summed E-state index contributed by atoms with van der Waals surface area (Å²) in [6, 6.07) is 15.4. The number of hydrogen-bond donors (Lipinski definition) is 0. The molecule has 1 heteroatoms. The maximum Gasteiger partial charge on any atom is 0.120 e. The van der Waals surface area contributed by atoms with E-state index < -0.39 is 0 Å². The van der Waals surface area contributed by atoms with Gasteiger partial charge < -0.3 is 4.74 Å². The molecule has 2 rings (SSSR count). The average Bonchev–Trinajstić information content (AvgIpc) is 2.70. The molecule has 0 amide bonds. The molecule has 0 heterocycles. The van der Waals surface area contributed by atoms with Crippen molar-refractivity contribution < 1.29 is 4.74 Å². The monoisotopic (exact) mass is 416 g/mol. The minimum Gasteiger partial charge on any atom is -0.489 e. The van der Waals surface area contributed by atoms with Gasteiger partial charge >= 0.3 is 0 Å². The van der Waals surface area contributed by atoms with Gasteiger partial charge in [0.1, 0.15) is 12.4 Å². The molecule has 0 aliphatic rings. The first kappa shape index (κ1) is 24.7. The lowest BCUT2D eigenvalue weighted by atomic mass is 9.85. The van der Waals surface area contributed by atoms with Gasteiger partial charge in [-0.3, -0.25) is 0 Å². The van der Waals surface area contributed by atoms with Gasteiger partial charge in [0.15, 0.2) is 0 Å². The maximum absolute atomic E-state index is 6.25. The van der Waals surface area contributed by atoms with Crippen LogP contribution in [0.15, 0.2) is 72.3 Å². The molecule has 0 saturated carbocycles. The quantitative estimate of drug-likeness (QED) is 0.427. The van der Waals surface area contributed by atoms with Crippen molar-refractivity contribution in [2.45, 2.75) is 79.8 Å². The lowest BCUT2D eigenvalue weighted by molar-refractivity contribution is 0.305. The van der Waals surface area contributed by atoms with Crippen molar-refractivity contribution in [2.24, 2.45) is 0 Å². The van der Waals surface area contributed by atoms with Crippen LogP contribution >= 0.6 is 0 Å². The van der Waals surface area contributed by atoms with Gasteiger partial charge in [0, 0.05) is 0 Å². The molecule has 0 fully saturated rings. The Bertz CT molecular complexity index is 955. The zero-order chi connectivity index (χ0) is 23.2. The summed E-state index contributed by atoms with van der Waals surface area (Å²) >= 11 is 0. The van der Waals surface area contributed by atoms with Crippen LogP contribution in [0.25, 0.3) is 5.57 Å². The number of allylic oxidation sites excluding steroid dienone is 6. The Morgan fingerprint density at radius 3 is 2.00 bits per heavy atom. The molecule has 166 valence electrons. The molecule has 0 radical (unpaired) electrons. The predicted octanol–water partition coefficient (Wildman–Crippen LogP) is 8.79. The van der Waals surface area contributed by atoms with Crippen LogP contribution < -0.4 is 4.74 Å².